The van der Waals surface area contributed by atoms with Crippen LogP contribution in [0.4, 0.5) is 0 Å². The lowest BCUT2D eigenvalue weighted by Gasteiger charge is -2.36. The first-order valence-electron chi connectivity index (χ1n) is 7.89. The van der Waals surface area contributed by atoms with E-state index >= 15 is 0 Å². The third kappa shape index (κ3) is 3.50. The number of methoxy groups -OCH3 is 2. The van der Waals surface area contributed by atoms with Crippen molar-refractivity contribution in [3.8, 4) is 11.5 Å². The van der Waals surface area contributed by atoms with Crippen molar-refractivity contribution < 1.29 is 9.47 Å². The Balaban J connectivity index is 1.74. The van der Waals surface area contributed by atoms with Crippen LogP contribution < -0.4 is 15.2 Å². The SMILES string of the molecule is COc1ccc(C2CC(N)CN(CC3CC3)C2)cc1OC. The minimum absolute atomic E-state index is 0.274. The summed E-state index contributed by atoms with van der Waals surface area (Å²) in [6, 6.07) is 6.53. The number of rotatable bonds is 5. The predicted molar refractivity (Wildman–Crippen MR) is 84.0 cm³/mol. The van der Waals surface area contributed by atoms with E-state index in [-0.39, 0.29) is 6.04 Å². The summed E-state index contributed by atoms with van der Waals surface area (Å²) in [6.07, 6.45) is 3.84. The molecule has 2 N–H and O–H groups in total. The molecule has 1 aliphatic heterocycles. The summed E-state index contributed by atoms with van der Waals surface area (Å²) >= 11 is 0. The van der Waals surface area contributed by atoms with Gasteiger partial charge in [0.1, 0.15) is 0 Å². The van der Waals surface area contributed by atoms with Crippen molar-refractivity contribution in [3.05, 3.63) is 23.8 Å². The standard InChI is InChI=1S/C17H26N2O2/c1-20-16-6-5-13(8-17(16)21-2)14-7-15(18)11-19(10-14)9-12-3-4-12/h5-6,8,12,14-15H,3-4,7,9-11,18H2,1-2H3. The zero-order valence-electron chi connectivity index (χ0n) is 13.0. The van der Waals surface area contributed by atoms with E-state index < -0.39 is 0 Å². The first-order chi connectivity index (χ1) is 10.2. The Bertz CT molecular complexity index is 486. The molecule has 116 valence electrons. The van der Waals surface area contributed by atoms with E-state index in [0.717, 1.165) is 36.9 Å². The number of likely N-dealkylation sites (tertiary alicyclic amines) is 1. The second kappa shape index (κ2) is 6.24. The van der Waals surface area contributed by atoms with Crippen LogP contribution in [0.5, 0.6) is 11.5 Å². The van der Waals surface area contributed by atoms with Gasteiger partial charge in [-0.2, -0.15) is 0 Å². The van der Waals surface area contributed by atoms with Crippen molar-refractivity contribution in [1.82, 2.24) is 4.90 Å². The van der Waals surface area contributed by atoms with Crippen molar-refractivity contribution in [2.45, 2.75) is 31.2 Å². The fraction of sp³-hybridized carbons (Fsp3) is 0.647. The fourth-order valence-electron chi connectivity index (χ4n) is 3.40. The fourth-order valence-corrected chi connectivity index (χ4v) is 3.40. The zero-order chi connectivity index (χ0) is 14.8. The van der Waals surface area contributed by atoms with Crippen LogP contribution in [-0.4, -0.2) is 44.8 Å². The highest BCUT2D eigenvalue weighted by atomic mass is 16.5. The van der Waals surface area contributed by atoms with Crippen LogP contribution >= 0.6 is 0 Å². The Morgan fingerprint density at radius 2 is 1.90 bits per heavy atom. The largest absolute Gasteiger partial charge is 0.493 e. The summed E-state index contributed by atoms with van der Waals surface area (Å²) < 4.78 is 10.7. The highest BCUT2D eigenvalue weighted by molar-refractivity contribution is 5.44. The quantitative estimate of drug-likeness (QED) is 0.903. The molecule has 1 aromatic rings. The lowest BCUT2D eigenvalue weighted by atomic mass is 9.88. The summed E-state index contributed by atoms with van der Waals surface area (Å²) in [5.41, 5.74) is 7.59. The van der Waals surface area contributed by atoms with Crippen LogP contribution in [0.1, 0.15) is 30.7 Å². The molecule has 1 saturated carbocycles. The Hall–Kier alpha value is -1.26. The van der Waals surface area contributed by atoms with Gasteiger partial charge >= 0.3 is 0 Å². The molecular weight excluding hydrogens is 264 g/mol. The van der Waals surface area contributed by atoms with Gasteiger partial charge in [-0.15, -0.1) is 0 Å². The highest BCUT2D eigenvalue weighted by Crippen LogP contribution is 2.36. The minimum atomic E-state index is 0.274. The Kier molecular flexibility index (Phi) is 4.36. The molecule has 2 fully saturated rings. The van der Waals surface area contributed by atoms with Crippen LogP contribution in [-0.2, 0) is 0 Å². The first-order valence-corrected chi connectivity index (χ1v) is 7.89. The molecular formula is C17H26N2O2. The van der Waals surface area contributed by atoms with Crippen molar-refractivity contribution in [2.24, 2.45) is 11.7 Å². The lowest BCUT2D eigenvalue weighted by molar-refractivity contribution is 0.182. The number of nitrogens with two attached hydrogens (primary N) is 1. The molecule has 3 rings (SSSR count). The van der Waals surface area contributed by atoms with E-state index in [1.165, 1.54) is 24.9 Å². The van der Waals surface area contributed by atoms with E-state index in [1.807, 2.05) is 6.07 Å². The van der Waals surface area contributed by atoms with Crippen molar-refractivity contribution >= 4 is 0 Å². The van der Waals surface area contributed by atoms with Crippen molar-refractivity contribution in [2.75, 3.05) is 33.9 Å². The number of nitrogens with zero attached hydrogens (tertiary/aromatic N) is 1. The van der Waals surface area contributed by atoms with Gasteiger partial charge in [-0.25, -0.2) is 0 Å². The van der Waals surface area contributed by atoms with E-state index in [4.69, 9.17) is 15.2 Å². The van der Waals surface area contributed by atoms with Gasteiger partial charge in [0.05, 0.1) is 14.2 Å². The molecule has 0 spiro atoms. The molecule has 0 bridgehead atoms. The predicted octanol–water partition coefficient (Wildman–Crippen LogP) is 2.23. The van der Waals surface area contributed by atoms with Crippen LogP contribution in [0.3, 0.4) is 0 Å². The molecule has 0 aromatic heterocycles. The summed E-state index contributed by atoms with van der Waals surface area (Å²) in [4.78, 5) is 2.55. The van der Waals surface area contributed by atoms with E-state index in [2.05, 4.69) is 17.0 Å². The Labute approximate surface area is 127 Å². The monoisotopic (exact) mass is 290 g/mol. The Morgan fingerprint density at radius 3 is 2.57 bits per heavy atom. The number of piperidine rings is 1. The lowest BCUT2D eigenvalue weighted by Crippen LogP contribution is -2.46. The molecule has 1 saturated heterocycles. The average molecular weight is 290 g/mol. The van der Waals surface area contributed by atoms with Gasteiger partial charge in [0.2, 0.25) is 0 Å². The number of hydrogen-bond donors (Lipinski definition) is 1. The van der Waals surface area contributed by atoms with Gasteiger partial charge in [-0.3, -0.25) is 0 Å². The zero-order valence-corrected chi connectivity index (χ0v) is 13.0. The molecule has 21 heavy (non-hydrogen) atoms. The summed E-state index contributed by atoms with van der Waals surface area (Å²) in [5.74, 6) is 3.01. The molecule has 4 heteroatoms. The van der Waals surface area contributed by atoms with E-state index in [0.29, 0.717) is 5.92 Å². The third-order valence-electron chi connectivity index (χ3n) is 4.65. The normalized spacial score (nSPS) is 26.6. The Morgan fingerprint density at radius 1 is 1.14 bits per heavy atom. The maximum absolute atomic E-state index is 6.28. The van der Waals surface area contributed by atoms with Gasteiger partial charge in [0.25, 0.3) is 0 Å². The van der Waals surface area contributed by atoms with Gasteiger partial charge in [-0.05, 0) is 48.8 Å². The maximum Gasteiger partial charge on any atom is 0.160 e. The number of ether oxygens (including phenoxy) is 2. The third-order valence-corrected chi connectivity index (χ3v) is 4.65. The average Bonchev–Trinajstić information content (AvgIpc) is 3.29. The molecule has 4 nitrogen and oxygen atoms in total. The van der Waals surface area contributed by atoms with E-state index in [9.17, 15) is 0 Å². The maximum atomic E-state index is 6.28. The van der Waals surface area contributed by atoms with Gasteiger partial charge in [-0.1, -0.05) is 6.07 Å². The molecule has 2 aliphatic rings. The van der Waals surface area contributed by atoms with Gasteiger partial charge in [0, 0.05) is 25.7 Å². The smallest absolute Gasteiger partial charge is 0.160 e. The molecule has 0 amide bonds. The van der Waals surface area contributed by atoms with Crippen LogP contribution in [0.15, 0.2) is 18.2 Å². The molecule has 1 aliphatic carbocycles. The van der Waals surface area contributed by atoms with Crippen LogP contribution in [0.2, 0.25) is 0 Å². The van der Waals surface area contributed by atoms with Gasteiger partial charge in [0.15, 0.2) is 11.5 Å². The molecule has 2 unspecified atom stereocenters. The second-order valence-corrected chi connectivity index (χ2v) is 6.47. The molecule has 2 atom stereocenters. The van der Waals surface area contributed by atoms with Crippen LogP contribution in [0, 0.1) is 5.92 Å². The van der Waals surface area contributed by atoms with Crippen molar-refractivity contribution in [3.63, 3.8) is 0 Å². The minimum Gasteiger partial charge on any atom is -0.493 e. The van der Waals surface area contributed by atoms with Crippen molar-refractivity contribution in [1.29, 1.82) is 0 Å². The molecule has 1 aromatic carbocycles. The topological polar surface area (TPSA) is 47.7 Å². The van der Waals surface area contributed by atoms with Gasteiger partial charge < -0.3 is 20.1 Å². The summed E-state index contributed by atoms with van der Waals surface area (Å²) in [7, 11) is 3.36. The summed E-state index contributed by atoms with van der Waals surface area (Å²) in [6.45, 7) is 3.37. The van der Waals surface area contributed by atoms with E-state index in [1.54, 1.807) is 14.2 Å². The second-order valence-electron chi connectivity index (χ2n) is 6.47. The highest BCUT2D eigenvalue weighted by Gasteiger charge is 2.31. The summed E-state index contributed by atoms with van der Waals surface area (Å²) in [5, 5.41) is 0. The molecule has 1 heterocycles. The van der Waals surface area contributed by atoms with Crippen LogP contribution in [0.25, 0.3) is 0 Å². The number of benzene rings is 1. The first kappa shape index (κ1) is 14.7. The molecule has 0 radical (unpaired) electrons. The number of hydrogen-bond acceptors (Lipinski definition) is 4.